The lowest BCUT2D eigenvalue weighted by molar-refractivity contribution is -0.138. The number of aliphatic carboxylic acids is 1. The number of carboxylic acids is 1. The number of carbonyl (C=O) groups is 4. The Morgan fingerprint density at radius 1 is 1.10 bits per heavy atom. The van der Waals surface area contributed by atoms with E-state index in [2.05, 4.69) is 21.3 Å². The van der Waals surface area contributed by atoms with Crippen molar-refractivity contribution in [2.45, 2.75) is 70.5 Å². The molecule has 0 saturated carbocycles. The standard InChI is InChI=1S/C19H35N5O5/c1-12(2)10-15(17(27)22-11-16(25)26)24-19(29)14(6-3-4-8-20)23-18(28)13-7-5-9-21-13/h12-15,21H,3-11,20H2,1-2H3,(H,22,27)(H,23,28)(H,24,29)(H,25,26). The van der Waals surface area contributed by atoms with E-state index in [1.807, 2.05) is 13.8 Å². The molecule has 1 aliphatic rings. The fraction of sp³-hybridized carbons (Fsp3) is 0.789. The van der Waals surface area contributed by atoms with Gasteiger partial charge in [0.05, 0.1) is 6.04 Å². The van der Waals surface area contributed by atoms with Crippen LogP contribution in [0.4, 0.5) is 0 Å². The molecular weight excluding hydrogens is 378 g/mol. The minimum absolute atomic E-state index is 0.101. The highest BCUT2D eigenvalue weighted by atomic mass is 16.4. The lowest BCUT2D eigenvalue weighted by Gasteiger charge is -2.25. The quantitative estimate of drug-likeness (QED) is 0.213. The number of nitrogens with one attached hydrogen (secondary N) is 4. The molecule has 0 bridgehead atoms. The highest BCUT2D eigenvalue weighted by Crippen LogP contribution is 2.09. The van der Waals surface area contributed by atoms with Crippen LogP contribution in [0.25, 0.3) is 0 Å². The van der Waals surface area contributed by atoms with Gasteiger partial charge in [0, 0.05) is 0 Å². The summed E-state index contributed by atoms with van der Waals surface area (Å²) in [5.41, 5.74) is 5.53. The lowest BCUT2D eigenvalue weighted by atomic mass is 10.0. The van der Waals surface area contributed by atoms with Crippen LogP contribution >= 0.6 is 0 Å². The molecule has 1 saturated heterocycles. The van der Waals surface area contributed by atoms with Crippen LogP contribution in [0.5, 0.6) is 0 Å². The van der Waals surface area contributed by atoms with Crippen molar-refractivity contribution in [2.75, 3.05) is 19.6 Å². The SMILES string of the molecule is CC(C)CC(NC(=O)C(CCCCN)NC(=O)C1CCCN1)C(=O)NCC(=O)O. The van der Waals surface area contributed by atoms with Crippen molar-refractivity contribution in [3.63, 3.8) is 0 Å². The summed E-state index contributed by atoms with van der Waals surface area (Å²) in [4.78, 5) is 48.3. The first-order chi connectivity index (χ1) is 13.7. The lowest BCUT2D eigenvalue weighted by Crippen LogP contribution is -2.56. The normalized spacial score (nSPS) is 18.1. The van der Waals surface area contributed by atoms with Crippen molar-refractivity contribution in [2.24, 2.45) is 11.7 Å². The number of carboxylic acid groups (broad SMARTS) is 1. The van der Waals surface area contributed by atoms with E-state index < -0.39 is 36.4 Å². The van der Waals surface area contributed by atoms with E-state index in [0.29, 0.717) is 25.8 Å². The van der Waals surface area contributed by atoms with E-state index in [0.717, 1.165) is 25.8 Å². The Balaban J connectivity index is 2.78. The minimum Gasteiger partial charge on any atom is -0.480 e. The van der Waals surface area contributed by atoms with Crippen LogP contribution in [-0.2, 0) is 19.2 Å². The molecule has 29 heavy (non-hydrogen) atoms. The van der Waals surface area contributed by atoms with Crippen molar-refractivity contribution in [3.8, 4) is 0 Å². The van der Waals surface area contributed by atoms with Crippen LogP contribution in [0.15, 0.2) is 0 Å². The Bertz CT molecular complexity index is 563. The molecule has 0 spiro atoms. The number of rotatable bonds is 13. The van der Waals surface area contributed by atoms with E-state index in [1.54, 1.807) is 0 Å². The molecule has 3 unspecified atom stereocenters. The molecule has 10 heteroatoms. The molecule has 1 rings (SSSR count). The van der Waals surface area contributed by atoms with Gasteiger partial charge < -0.3 is 32.1 Å². The van der Waals surface area contributed by atoms with Crippen LogP contribution in [0.2, 0.25) is 0 Å². The topological polar surface area (TPSA) is 163 Å². The van der Waals surface area contributed by atoms with Gasteiger partial charge in [-0.25, -0.2) is 0 Å². The Kier molecular flexibility index (Phi) is 11.2. The zero-order chi connectivity index (χ0) is 21.8. The molecule has 1 aliphatic heterocycles. The summed E-state index contributed by atoms with van der Waals surface area (Å²) >= 11 is 0. The predicted octanol–water partition coefficient (Wildman–Crippen LogP) is -0.916. The van der Waals surface area contributed by atoms with Gasteiger partial charge in [-0.05, 0) is 57.5 Å². The molecule has 0 aliphatic carbocycles. The molecule has 1 heterocycles. The van der Waals surface area contributed by atoms with E-state index >= 15 is 0 Å². The van der Waals surface area contributed by atoms with Crippen molar-refractivity contribution in [3.05, 3.63) is 0 Å². The first-order valence-corrected chi connectivity index (χ1v) is 10.3. The van der Waals surface area contributed by atoms with Crippen LogP contribution < -0.4 is 27.0 Å². The first kappa shape index (κ1) is 24.8. The van der Waals surface area contributed by atoms with Crippen molar-refractivity contribution in [1.82, 2.24) is 21.3 Å². The Morgan fingerprint density at radius 3 is 2.38 bits per heavy atom. The maximum atomic E-state index is 12.8. The van der Waals surface area contributed by atoms with Gasteiger partial charge in [-0.3, -0.25) is 19.2 Å². The Labute approximate surface area is 171 Å². The molecule has 3 amide bonds. The Morgan fingerprint density at radius 2 is 1.83 bits per heavy atom. The van der Waals surface area contributed by atoms with Crippen molar-refractivity contribution < 1.29 is 24.3 Å². The van der Waals surface area contributed by atoms with E-state index in [-0.39, 0.29) is 17.9 Å². The Hall–Kier alpha value is -2.20. The number of amides is 3. The third kappa shape index (κ3) is 9.71. The zero-order valence-corrected chi connectivity index (χ0v) is 17.3. The fourth-order valence-corrected chi connectivity index (χ4v) is 3.20. The molecular formula is C19H35N5O5. The fourth-order valence-electron chi connectivity index (χ4n) is 3.20. The largest absolute Gasteiger partial charge is 0.480 e. The third-order valence-corrected chi connectivity index (χ3v) is 4.71. The van der Waals surface area contributed by atoms with Gasteiger partial charge in [0.1, 0.15) is 18.6 Å². The maximum Gasteiger partial charge on any atom is 0.322 e. The number of carbonyl (C=O) groups excluding carboxylic acids is 3. The van der Waals surface area contributed by atoms with Gasteiger partial charge in [0.25, 0.3) is 0 Å². The predicted molar refractivity (Wildman–Crippen MR) is 108 cm³/mol. The number of hydrogen-bond donors (Lipinski definition) is 6. The van der Waals surface area contributed by atoms with E-state index in [1.165, 1.54) is 0 Å². The van der Waals surface area contributed by atoms with Gasteiger partial charge in [0.2, 0.25) is 17.7 Å². The summed E-state index contributed by atoms with van der Waals surface area (Å²) in [6.45, 7) is 4.53. The average Bonchev–Trinajstić information content (AvgIpc) is 3.19. The van der Waals surface area contributed by atoms with Crippen LogP contribution in [0.1, 0.15) is 52.4 Å². The first-order valence-electron chi connectivity index (χ1n) is 10.3. The summed E-state index contributed by atoms with van der Waals surface area (Å²) < 4.78 is 0. The summed E-state index contributed by atoms with van der Waals surface area (Å²) in [7, 11) is 0. The second-order valence-corrected chi connectivity index (χ2v) is 7.80. The van der Waals surface area contributed by atoms with Crippen LogP contribution in [0.3, 0.4) is 0 Å². The molecule has 0 aromatic heterocycles. The third-order valence-electron chi connectivity index (χ3n) is 4.71. The highest BCUT2D eigenvalue weighted by molar-refractivity contribution is 5.93. The van der Waals surface area contributed by atoms with Gasteiger partial charge >= 0.3 is 5.97 Å². The molecule has 3 atom stereocenters. The molecule has 0 aromatic carbocycles. The molecule has 166 valence electrons. The average molecular weight is 414 g/mol. The van der Waals surface area contributed by atoms with Gasteiger partial charge in [-0.15, -0.1) is 0 Å². The van der Waals surface area contributed by atoms with Gasteiger partial charge in [-0.1, -0.05) is 13.8 Å². The van der Waals surface area contributed by atoms with Crippen molar-refractivity contribution in [1.29, 1.82) is 0 Å². The molecule has 0 radical (unpaired) electrons. The molecule has 7 N–H and O–H groups in total. The zero-order valence-electron chi connectivity index (χ0n) is 17.3. The van der Waals surface area contributed by atoms with Gasteiger partial charge in [0.15, 0.2) is 0 Å². The van der Waals surface area contributed by atoms with E-state index in [4.69, 9.17) is 10.8 Å². The smallest absolute Gasteiger partial charge is 0.322 e. The number of hydrogen-bond acceptors (Lipinski definition) is 6. The van der Waals surface area contributed by atoms with Gasteiger partial charge in [-0.2, -0.15) is 0 Å². The monoisotopic (exact) mass is 413 g/mol. The second kappa shape index (κ2) is 13.1. The summed E-state index contributed by atoms with van der Waals surface area (Å²) in [6, 6.07) is -1.97. The minimum atomic E-state index is -1.16. The number of nitrogens with two attached hydrogens (primary N) is 1. The summed E-state index contributed by atoms with van der Waals surface area (Å²) in [6.07, 6.45) is 3.76. The van der Waals surface area contributed by atoms with Crippen LogP contribution in [-0.4, -0.2) is 66.6 Å². The van der Waals surface area contributed by atoms with Crippen LogP contribution in [0, 0.1) is 5.92 Å². The highest BCUT2D eigenvalue weighted by Gasteiger charge is 2.30. The van der Waals surface area contributed by atoms with E-state index in [9.17, 15) is 19.2 Å². The molecule has 1 fully saturated rings. The molecule has 0 aromatic rings. The maximum absolute atomic E-state index is 12.8. The van der Waals surface area contributed by atoms with Crippen molar-refractivity contribution >= 4 is 23.7 Å². The summed E-state index contributed by atoms with van der Waals surface area (Å²) in [5.74, 6) is -2.30. The summed E-state index contributed by atoms with van der Waals surface area (Å²) in [5, 5.41) is 19.6. The molecule has 10 nitrogen and oxygen atoms in total. The number of unbranched alkanes of at least 4 members (excludes halogenated alkanes) is 1. The second-order valence-electron chi connectivity index (χ2n) is 7.80.